The molecule has 1 aliphatic carbocycles. The van der Waals surface area contributed by atoms with E-state index in [2.05, 4.69) is 126 Å². The fourth-order valence-electron chi connectivity index (χ4n) is 12.2. The van der Waals surface area contributed by atoms with Crippen LogP contribution in [0.15, 0.2) is 205 Å². The number of ether oxygens (including phenoxy) is 4. The summed E-state index contributed by atoms with van der Waals surface area (Å²) in [4.78, 5) is 29.8. The number of carbonyl (C=O) groups excluding carboxylic acids is 2. The lowest BCUT2D eigenvalue weighted by Gasteiger charge is -2.24. The summed E-state index contributed by atoms with van der Waals surface area (Å²) in [5.74, 6) is 9.58. The van der Waals surface area contributed by atoms with E-state index in [0.717, 1.165) is 138 Å². The third-order valence-electron chi connectivity index (χ3n) is 16.7. The Hall–Kier alpha value is -10.7. The van der Waals surface area contributed by atoms with Crippen LogP contribution in [-0.2, 0) is 48.8 Å². The van der Waals surface area contributed by atoms with Crippen LogP contribution in [-0.4, -0.2) is 61.0 Å². The van der Waals surface area contributed by atoms with Gasteiger partial charge in [-0.05, 0) is 190 Å². The Balaban J connectivity index is 0.867. The Kier molecular flexibility index (Phi) is 22.5. The second-order valence-electron chi connectivity index (χ2n) is 24.5. The fraction of sp³-hybridized carbons (Fsp3) is 0.244. The summed E-state index contributed by atoms with van der Waals surface area (Å²) in [5, 5.41) is 13.8. The van der Waals surface area contributed by atoms with Crippen molar-refractivity contribution in [3.05, 3.63) is 267 Å². The minimum atomic E-state index is -3.96. The number of hydrogen-bond donors (Lipinski definition) is 5. The van der Waals surface area contributed by atoms with E-state index in [4.69, 9.17) is 18.9 Å². The standard InChI is InChI=1S/C82H84N6O8S/c1-7-41-93-77-62-22-14-24-64(77)51-68-47-59(55-84-82(90)86-71-39-35-60(36-40-71)61-21-16-26-72(53-61)87-97(91,92)76-30-18-27-73-74(76)28-17-29-75(73)88(5)6)48-69(80(68)96-44-10-4)52-65-25-15-23-63(78(65)94-42-8-2)50-67-46-58(45-66(49-62)79(67)95-43-9-3)54-83-81(89)85-70-37-33-57(34-38-70)32-31-56-19-12-11-13-20-56/h11-30,33-40,45-48,53,87H,7-10,41-44,49-52,54-55H2,1-6H3,(H2,83,85,89)(H2,84,86,90). The summed E-state index contributed by atoms with van der Waals surface area (Å²) >= 11 is 0. The summed E-state index contributed by atoms with van der Waals surface area (Å²) < 4.78 is 58.1. The molecule has 1 aliphatic rings. The average Bonchev–Trinajstić information content (AvgIpc) is 0.785. The zero-order valence-corrected chi connectivity index (χ0v) is 56.9. The number of sulfonamides is 1. The molecule has 0 aromatic heterocycles. The molecule has 10 aromatic rings. The van der Waals surface area contributed by atoms with Crippen LogP contribution in [0, 0.1) is 11.8 Å². The number of amides is 4. The van der Waals surface area contributed by atoms with Gasteiger partial charge in [-0.1, -0.05) is 143 Å². The maximum atomic E-state index is 14.0. The molecule has 496 valence electrons. The number of anilines is 4. The third-order valence-corrected chi connectivity index (χ3v) is 18.1. The SMILES string of the molecule is CCCOc1c2cccc1Cc1cc(CNC(=O)Nc3ccc(-c4cccc(NS(=O)(=O)c5cccc6c(N(C)C)cccc56)c4)cc3)cc(c1OCCC)Cc1cccc(c1OCCC)Cc1cc(CNC(=O)Nc3ccc(C#Cc4ccccc4)cc3)cc(c1OCCC)C2. The van der Waals surface area contributed by atoms with E-state index < -0.39 is 10.0 Å². The molecule has 8 bridgehead atoms. The molecule has 0 radical (unpaired) electrons. The fourth-order valence-corrected chi connectivity index (χ4v) is 13.5. The van der Waals surface area contributed by atoms with E-state index in [9.17, 15) is 18.0 Å². The number of hydrogen-bond acceptors (Lipinski definition) is 9. The van der Waals surface area contributed by atoms with Crippen LogP contribution in [0.3, 0.4) is 0 Å². The summed E-state index contributed by atoms with van der Waals surface area (Å²) in [6.07, 6.45) is 5.09. The van der Waals surface area contributed by atoms with Crippen molar-refractivity contribution < 1.29 is 37.0 Å². The average molecular weight is 1310 g/mol. The van der Waals surface area contributed by atoms with Gasteiger partial charge in [0.1, 0.15) is 23.0 Å². The van der Waals surface area contributed by atoms with Gasteiger partial charge in [-0.3, -0.25) is 4.72 Å². The number of para-hydroxylation sites is 2. The molecule has 0 saturated heterocycles. The predicted molar refractivity (Wildman–Crippen MR) is 392 cm³/mol. The topological polar surface area (TPSA) is 169 Å². The van der Waals surface area contributed by atoms with Crippen LogP contribution in [0.2, 0.25) is 0 Å². The van der Waals surface area contributed by atoms with Crippen molar-refractivity contribution in [2.24, 2.45) is 0 Å². The zero-order valence-electron chi connectivity index (χ0n) is 56.1. The quantitative estimate of drug-likeness (QED) is 0.0392. The Morgan fingerprint density at radius 2 is 0.825 bits per heavy atom. The number of urea groups is 2. The van der Waals surface area contributed by atoms with Crippen molar-refractivity contribution in [3.8, 4) is 46.0 Å². The van der Waals surface area contributed by atoms with Gasteiger partial charge in [0, 0.05) is 97.5 Å². The van der Waals surface area contributed by atoms with E-state index in [1.54, 1.807) is 24.3 Å². The molecule has 0 saturated carbocycles. The maximum absolute atomic E-state index is 14.0. The largest absolute Gasteiger partial charge is 0.493 e. The predicted octanol–water partition coefficient (Wildman–Crippen LogP) is 17.2. The smallest absolute Gasteiger partial charge is 0.319 e. The highest BCUT2D eigenvalue weighted by molar-refractivity contribution is 7.93. The maximum Gasteiger partial charge on any atom is 0.319 e. The molecular weight excluding hydrogens is 1230 g/mol. The van der Waals surface area contributed by atoms with Gasteiger partial charge >= 0.3 is 12.1 Å². The first kappa shape index (κ1) is 67.7. The summed E-state index contributed by atoms with van der Waals surface area (Å²) in [5.41, 5.74) is 15.6. The third kappa shape index (κ3) is 17.2. The lowest BCUT2D eigenvalue weighted by atomic mass is 9.89. The van der Waals surface area contributed by atoms with Crippen molar-refractivity contribution in [1.29, 1.82) is 0 Å². The van der Waals surface area contributed by atoms with Crippen LogP contribution in [0.4, 0.5) is 32.3 Å². The van der Waals surface area contributed by atoms with Crippen LogP contribution >= 0.6 is 0 Å². The highest BCUT2D eigenvalue weighted by Gasteiger charge is 2.25. The first-order chi connectivity index (χ1) is 47.3. The summed E-state index contributed by atoms with van der Waals surface area (Å²) in [6.45, 7) is 10.9. The summed E-state index contributed by atoms with van der Waals surface area (Å²) in [6, 6.07) is 63.6. The van der Waals surface area contributed by atoms with Gasteiger partial charge in [0.2, 0.25) is 0 Å². The highest BCUT2D eigenvalue weighted by atomic mass is 32.2. The van der Waals surface area contributed by atoms with Gasteiger partial charge in [0.05, 0.1) is 31.3 Å². The van der Waals surface area contributed by atoms with E-state index in [1.807, 2.05) is 134 Å². The van der Waals surface area contributed by atoms with Gasteiger partial charge in [-0.15, -0.1) is 0 Å². The van der Waals surface area contributed by atoms with E-state index in [1.165, 1.54) is 0 Å². The second kappa shape index (κ2) is 32.2. The first-order valence-electron chi connectivity index (χ1n) is 33.5. The van der Waals surface area contributed by atoms with Crippen molar-refractivity contribution in [2.75, 3.05) is 60.8 Å². The van der Waals surface area contributed by atoms with Crippen molar-refractivity contribution in [2.45, 2.75) is 97.0 Å². The lowest BCUT2D eigenvalue weighted by Crippen LogP contribution is -2.28. The highest BCUT2D eigenvalue weighted by Crippen LogP contribution is 2.41. The van der Waals surface area contributed by atoms with E-state index >= 15 is 0 Å². The number of rotatable bonds is 23. The van der Waals surface area contributed by atoms with Crippen LogP contribution in [0.1, 0.15) is 120 Å². The van der Waals surface area contributed by atoms with Crippen LogP contribution < -0.4 is 49.8 Å². The lowest BCUT2D eigenvalue weighted by molar-refractivity contribution is 0.251. The molecule has 11 rings (SSSR count). The van der Waals surface area contributed by atoms with Gasteiger partial charge < -0.3 is 45.1 Å². The minimum Gasteiger partial charge on any atom is -0.493 e. The van der Waals surface area contributed by atoms with Crippen LogP contribution in [0.25, 0.3) is 21.9 Å². The molecule has 0 unspecified atom stereocenters. The van der Waals surface area contributed by atoms with Gasteiger partial charge in [0.15, 0.2) is 0 Å². The van der Waals surface area contributed by atoms with Gasteiger partial charge in [-0.25, -0.2) is 18.0 Å². The molecule has 0 spiro atoms. The molecule has 4 amide bonds. The second-order valence-corrected chi connectivity index (χ2v) is 26.1. The molecule has 14 nitrogen and oxygen atoms in total. The summed E-state index contributed by atoms with van der Waals surface area (Å²) in [7, 11) is -0.0913. The molecule has 5 N–H and O–H groups in total. The van der Waals surface area contributed by atoms with Gasteiger partial charge in [0.25, 0.3) is 10.0 Å². The zero-order chi connectivity index (χ0) is 67.7. The number of nitrogens with one attached hydrogen (secondary N) is 5. The molecular formula is C82H84N6O8S. The molecule has 15 heteroatoms. The Labute approximate surface area is 570 Å². The van der Waals surface area contributed by atoms with E-state index in [-0.39, 0.29) is 30.0 Å². The molecule has 10 aromatic carbocycles. The molecule has 0 fully saturated rings. The Morgan fingerprint density at radius 3 is 1.29 bits per heavy atom. The normalized spacial score (nSPS) is 11.7. The van der Waals surface area contributed by atoms with Crippen molar-refractivity contribution in [3.63, 3.8) is 0 Å². The number of fused-ring (bicyclic) bond motifs is 9. The first-order valence-corrected chi connectivity index (χ1v) is 35.0. The Bertz CT molecular complexity index is 4500. The molecule has 97 heavy (non-hydrogen) atoms. The monoisotopic (exact) mass is 1310 g/mol. The van der Waals surface area contributed by atoms with Crippen molar-refractivity contribution in [1.82, 2.24) is 10.6 Å². The molecule has 0 atom stereocenters. The molecule has 0 heterocycles. The number of nitrogens with zero attached hydrogens (tertiary/aromatic N) is 1. The number of benzene rings is 10. The van der Waals surface area contributed by atoms with Crippen molar-refractivity contribution >= 4 is 55.6 Å². The van der Waals surface area contributed by atoms with Gasteiger partial charge in [-0.2, -0.15) is 0 Å². The molecule has 0 aliphatic heterocycles. The number of carbonyl (C=O) groups is 2. The Morgan fingerprint density at radius 1 is 0.412 bits per heavy atom. The van der Waals surface area contributed by atoms with E-state index in [0.29, 0.717) is 74.6 Å². The van der Waals surface area contributed by atoms with Crippen LogP contribution in [0.5, 0.6) is 23.0 Å². The minimum absolute atomic E-state index is 0.193.